The Morgan fingerprint density at radius 2 is 1.43 bits per heavy atom. The summed E-state index contributed by atoms with van der Waals surface area (Å²) in [4.78, 5) is 24.6. The minimum atomic E-state index is -0.0626. The number of urea groups is 1. The summed E-state index contributed by atoms with van der Waals surface area (Å²) < 4.78 is 0. The normalized spacial score (nSPS) is 14.9. The van der Waals surface area contributed by atoms with Gasteiger partial charge in [-0.05, 0) is 38.8 Å². The topological polar surface area (TPSA) is 73.5 Å². The van der Waals surface area contributed by atoms with Crippen molar-refractivity contribution in [1.29, 1.82) is 0 Å². The molecule has 0 aromatic heterocycles. The highest BCUT2D eigenvalue weighted by molar-refractivity contribution is 5.73. The fourth-order valence-electron chi connectivity index (χ4n) is 2.47. The van der Waals surface area contributed by atoms with Gasteiger partial charge in [0, 0.05) is 33.1 Å². The Bertz CT molecular complexity index is 304. The number of carbonyl (C=O) groups is 2. The van der Waals surface area contributed by atoms with Gasteiger partial charge in [-0.3, -0.25) is 4.79 Å². The van der Waals surface area contributed by atoms with Crippen LogP contribution in [0.25, 0.3) is 0 Å². The first kappa shape index (κ1) is 17.8. The van der Waals surface area contributed by atoms with Crippen LogP contribution in [0.2, 0.25) is 0 Å². The van der Waals surface area contributed by atoms with Crippen LogP contribution in [0.5, 0.6) is 0 Å². The van der Waals surface area contributed by atoms with Crippen LogP contribution in [0.3, 0.4) is 0 Å². The molecule has 1 aliphatic rings. The molecular formula is C15H30N4O2. The Balaban J connectivity index is 1.81. The molecular weight excluding hydrogens is 268 g/mol. The molecule has 0 unspecified atom stereocenters. The zero-order valence-corrected chi connectivity index (χ0v) is 13.2. The summed E-state index contributed by atoms with van der Waals surface area (Å²) in [5.41, 5.74) is 0. The van der Waals surface area contributed by atoms with Crippen LogP contribution in [0.15, 0.2) is 0 Å². The fourth-order valence-corrected chi connectivity index (χ4v) is 2.47. The maximum Gasteiger partial charge on any atom is 0.314 e. The number of carbonyl (C=O) groups excluding carboxylic acids is 2. The Labute approximate surface area is 128 Å². The van der Waals surface area contributed by atoms with Crippen LogP contribution in [0, 0.1) is 0 Å². The smallest absolute Gasteiger partial charge is 0.314 e. The van der Waals surface area contributed by atoms with Gasteiger partial charge in [-0.2, -0.15) is 0 Å². The van der Waals surface area contributed by atoms with E-state index in [4.69, 9.17) is 0 Å². The first-order valence-electron chi connectivity index (χ1n) is 8.17. The molecule has 21 heavy (non-hydrogen) atoms. The van der Waals surface area contributed by atoms with E-state index in [1.54, 1.807) is 0 Å². The summed E-state index contributed by atoms with van der Waals surface area (Å²) in [5, 5.41) is 8.55. The first-order chi connectivity index (χ1) is 10.2. The third kappa shape index (κ3) is 10.1. The summed E-state index contributed by atoms with van der Waals surface area (Å²) in [5.74, 6) is 0.0299. The second-order valence-corrected chi connectivity index (χ2v) is 5.63. The van der Waals surface area contributed by atoms with Gasteiger partial charge in [-0.1, -0.05) is 12.8 Å². The Morgan fingerprint density at radius 3 is 2.05 bits per heavy atom. The number of amides is 3. The Kier molecular flexibility index (Phi) is 9.61. The lowest BCUT2D eigenvalue weighted by Crippen LogP contribution is -2.40. The molecule has 6 nitrogen and oxygen atoms in total. The predicted octanol–water partition coefficient (Wildman–Crippen LogP) is 1.08. The van der Waals surface area contributed by atoms with Crippen LogP contribution in [0.1, 0.15) is 45.4 Å². The van der Waals surface area contributed by atoms with Crippen LogP contribution in [0.4, 0.5) is 4.79 Å². The molecule has 122 valence electrons. The lowest BCUT2D eigenvalue weighted by atomic mass is 10.2. The molecule has 6 heteroatoms. The molecule has 1 rings (SSSR count). The lowest BCUT2D eigenvalue weighted by Gasteiger charge is -2.14. The van der Waals surface area contributed by atoms with E-state index in [9.17, 15) is 9.59 Å². The van der Waals surface area contributed by atoms with Crippen molar-refractivity contribution in [1.82, 2.24) is 20.9 Å². The van der Waals surface area contributed by atoms with Gasteiger partial charge in [0.25, 0.3) is 0 Å². The third-order valence-electron chi connectivity index (χ3n) is 3.68. The molecule has 0 spiro atoms. The van der Waals surface area contributed by atoms with E-state index in [1.165, 1.54) is 32.9 Å². The summed E-state index contributed by atoms with van der Waals surface area (Å²) >= 11 is 0. The SMILES string of the molecule is CC(=O)NCCCCCCNC(=O)NCCN1CCCC1. The quantitative estimate of drug-likeness (QED) is 0.528. The number of unbranched alkanes of at least 4 members (excludes halogenated alkanes) is 3. The molecule has 0 aromatic carbocycles. The zero-order chi connectivity index (χ0) is 15.3. The van der Waals surface area contributed by atoms with Gasteiger partial charge in [0.1, 0.15) is 0 Å². The summed E-state index contributed by atoms with van der Waals surface area (Å²) in [6.07, 6.45) is 6.72. The number of hydrogen-bond acceptors (Lipinski definition) is 3. The second-order valence-electron chi connectivity index (χ2n) is 5.63. The largest absolute Gasteiger partial charge is 0.356 e. The van der Waals surface area contributed by atoms with E-state index < -0.39 is 0 Å². The van der Waals surface area contributed by atoms with Gasteiger partial charge in [-0.25, -0.2) is 4.79 Å². The number of likely N-dealkylation sites (tertiary alicyclic amines) is 1. The molecule has 0 saturated carbocycles. The van der Waals surface area contributed by atoms with E-state index in [0.29, 0.717) is 0 Å². The van der Waals surface area contributed by atoms with Gasteiger partial charge in [0.15, 0.2) is 0 Å². The maximum atomic E-state index is 11.5. The summed E-state index contributed by atoms with van der Waals surface area (Å²) in [6, 6.07) is -0.0626. The standard InChI is InChI=1S/C15H30N4O2/c1-14(20)16-8-4-2-3-5-9-17-15(21)18-10-13-19-11-6-7-12-19/h2-13H2,1H3,(H,16,20)(H2,17,18,21). The lowest BCUT2D eigenvalue weighted by molar-refractivity contribution is -0.118. The van der Waals surface area contributed by atoms with Crippen molar-refractivity contribution >= 4 is 11.9 Å². The van der Waals surface area contributed by atoms with Crippen molar-refractivity contribution < 1.29 is 9.59 Å². The van der Waals surface area contributed by atoms with Crippen molar-refractivity contribution in [3.05, 3.63) is 0 Å². The highest BCUT2D eigenvalue weighted by atomic mass is 16.2. The maximum absolute atomic E-state index is 11.5. The van der Waals surface area contributed by atoms with Gasteiger partial charge in [0.05, 0.1) is 0 Å². The monoisotopic (exact) mass is 298 g/mol. The third-order valence-corrected chi connectivity index (χ3v) is 3.68. The molecule has 0 aliphatic carbocycles. The Hall–Kier alpha value is -1.30. The van der Waals surface area contributed by atoms with Crippen LogP contribution in [-0.4, -0.2) is 56.1 Å². The molecule has 3 amide bonds. The molecule has 1 heterocycles. The fraction of sp³-hybridized carbons (Fsp3) is 0.867. The molecule has 1 fully saturated rings. The van der Waals surface area contributed by atoms with Crippen molar-refractivity contribution in [2.45, 2.75) is 45.4 Å². The van der Waals surface area contributed by atoms with Gasteiger partial charge in [0.2, 0.25) is 5.91 Å². The van der Waals surface area contributed by atoms with Crippen LogP contribution >= 0.6 is 0 Å². The Morgan fingerprint density at radius 1 is 0.857 bits per heavy atom. The van der Waals surface area contributed by atoms with Gasteiger partial charge in [-0.15, -0.1) is 0 Å². The highest BCUT2D eigenvalue weighted by Gasteiger charge is 2.10. The first-order valence-corrected chi connectivity index (χ1v) is 8.17. The minimum Gasteiger partial charge on any atom is -0.356 e. The average molecular weight is 298 g/mol. The van der Waals surface area contributed by atoms with E-state index in [-0.39, 0.29) is 11.9 Å². The molecule has 0 aromatic rings. The van der Waals surface area contributed by atoms with E-state index in [0.717, 1.165) is 51.9 Å². The van der Waals surface area contributed by atoms with E-state index >= 15 is 0 Å². The number of nitrogens with one attached hydrogen (secondary N) is 3. The number of hydrogen-bond donors (Lipinski definition) is 3. The predicted molar refractivity (Wildman–Crippen MR) is 84.2 cm³/mol. The molecule has 3 N–H and O–H groups in total. The van der Waals surface area contributed by atoms with Crippen LogP contribution < -0.4 is 16.0 Å². The van der Waals surface area contributed by atoms with Gasteiger partial charge >= 0.3 is 6.03 Å². The van der Waals surface area contributed by atoms with Crippen molar-refractivity contribution in [2.24, 2.45) is 0 Å². The van der Waals surface area contributed by atoms with Gasteiger partial charge < -0.3 is 20.9 Å². The number of nitrogens with zero attached hydrogens (tertiary/aromatic N) is 1. The van der Waals surface area contributed by atoms with Crippen molar-refractivity contribution in [2.75, 3.05) is 39.3 Å². The summed E-state index contributed by atoms with van der Waals surface area (Å²) in [6.45, 7) is 7.02. The molecule has 1 aliphatic heterocycles. The zero-order valence-electron chi connectivity index (χ0n) is 13.2. The van der Waals surface area contributed by atoms with E-state index in [1.807, 2.05) is 0 Å². The van der Waals surface area contributed by atoms with Crippen molar-refractivity contribution in [3.8, 4) is 0 Å². The second kappa shape index (κ2) is 11.4. The highest BCUT2D eigenvalue weighted by Crippen LogP contribution is 2.05. The van der Waals surface area contributed by atoms with Crippen molar-refractivity contribution in [3.63, 3.8) is 0 Å². The molecule has 1 saturated heterocycles. The molecule has 0 bridgehead atoms. The molecule has 0 atom stereocenters. The number of rotatable bonds is 10. The summed E-state index contributed by atoms with van der Waals surface area (Å²) in [7, 11) is 0. The minimum absolute atomic E-state index is 0.0299. The van der Waals surface area contributed by atoms with Crippen LogP contribution in [-0.2, 0) is 4.79 Å². The average Bonchev–Trinajstić information content (AvgIpc) is 2.94. The van der Waals surface area contributed by atoms with E-state index in [2.05, 4.69) is 20.9 Å². The molecule has 0 radical (unpaired) electrons.